The summed E-state index contributed by atoms with van der Waals surface area (Å²) in [6, 6.07) is 4.27. The summed E-state index contributed by atoms with van der Waals surface area (Å²) >= 11 is 3.22. The molecule has 0 spiro atoms. The van der Waals surface area contributed by atoms with E-state index in [1.54, 1.807) is 6.07 Å². The molecule has 88 valence electrons. The number of hydrogen-bond acceptors (Lipinski definition) is 1. The van der Waals surface area contributed by atoms with Gasteiger partial charge in [-0.25, -0.2) is 8.60 Å². The molecule has 1 unspecified atom stereocenters. The van der Waals surface area contributed by atoms with Gasteiger partial charge in [0.05, 0.1) is 4.75 Å². The molecular formula is C11H13BrFNOS. The van der Waals surface area contributed by atoms with Crippen LogP contribution in [0.5, 0.6) is 0 Å². The highest BCUT2D eigenvalue weighted by Crippen LogP contribution is 2.17. The summed E-state index contributed by atoms with van der Waals surface area (Å²) < 4.78 is 28.6. The highest BCUT2D eigenvalue weighted by Gasteiger charge is 2.18. The number of nitrogens with zero attached hydrogens (tertiary/aromatic N) is 1. The molecule has 5 heteroatoms. The molecule has 0 aliphatic rings. The van der Waals surface area contributed by atoms with Crippen LogP contribution >= 0.6 is 15.9 Å². The van der Waals surface area contributed by atoms with Crippen LogP contribution < -0.4 is 0 Å². The summed E-state index contributed by atoms with van der Waals surface area (Å²) in [5.74, 6) is -0.319. The second-order valence-electron chi connectivity index (χ2n) is 4.26. The van der Waals surface area contributed by atoms with Gasteiger partial charge in [-0.15, -0.1) is 0 Å². The van der Waals surface area contributed by atoms with Gasteiger partial charge in [0.15, 0.2) is 0 Å². The van der Waals surface area contributed by atoms with Gasteiger partial charge in [0, 0.05) is 16.3 Å². The summed E-state index contributed by atoms with van der Waals surface area (Å²) in [5.41, 5.74) is 0.707. The normalized spacial score (nSPS) is 14.3. The molecule has 16 heavy (non-hydrogen) atoms. The SMILES string of the molecule is CC(C)(C)S(=O)N=Cc1ccc(F)cc1Br. The van der Waals surface area contributed by atoms with Crippen LogP contribution in [0.25, 0.3) is 0 Å². The minimum atomic E-state index is -1.30. The van der Waals surface area contributed by atoms with Gasteiger partial charge in [0.25, 0.3) is 0 Å². The zero-order valence-corrected chi connectivity index (χ0v) is 11.7. The highest BCUT2D eigenvalue weighted by atomic mass is 79.9. The molecule has 0 heterocycles. The van der Waals surface area contributed by atoms with Crippen molar-refractivity contribution in [1.82, 2.24) is 0 Å². The predicted molar refractivity (Wildman–Crippen MR) is 69.6 cm³/mol. The van der Waals surface area contributed by atoms with Crippen molar-refractivity contribution in [1.29, 1.82) is 0 Å². The zero-order valence-electron chi connectivity index (χ0n) is 9.33. The van der Waals surface area contributed by atoms with Gasteiger partial charge >= 0.3 is 0 Å². The summed E-state index contributed by atoms with van der Waals surface area (Å²) in [7, 11) is -1.30. The van der Waals surface area contributed by atoms with Crippen molar-refractivity contribution in [3.05, 3.63) is 34.1 Å². The van der Waals surface area contributed by atoms with E-state index in [4.69, 9.17) is 0 Å². The maximum atomic E-state index is 12.8. The number of rotatable bonds is 2. The first-order valence-corrected chi connectivity index (χ1v) is 6.62. The second kappa shape index (κ2) is 5.19. The molecule has 0 radical (unpaired) electrons. The Hall–Kier alpha value is -0.550. The van der Waals surface area contributed by atoms with Crippen molar-refractivity contribution in [2.45, 2.75) is 25.5 Å². The van der Waals surface area contributed by atoms with E-state index in [2.05, 4.69) is 20.3 Å². The lowest BCUT2D eigenvalue weighted by atomic mass is 10.2. The molecule has 0 aromatic heterocycles. The van der Waals surface area contributed by atoms with Crippen LogP contribution in [-0.4, -0.2) is 15.2 Å². The van der Waals surface area contributed by atoms with Crippen molar-refractivity contribution in [2.75, 3.05) is 0 Å². The van der Waals surface area contributed by atoms with E-state index in [9.17, 15) is 8.60 Å². The van der Waals surface area contributed by atoms with Crippen molar-refractivity contribution in [3.8, 4) is 0 Å². The summed E-state index contributed by atoms with van der Waals surface area (Å²) in [4.78, 5) is 0. The van der Waals surface area contributed by atoms with Crippen LogP contribution in [0.15, 0.2) is 27.1 Å². The van der Waals surface area contributed by atoms with Crippen LogP contribution in [0.1, 0.15) is 26.3 Å². The monoisotopic (exact) mass is 305 g/mol. The van der Waals surface area contributed by atoms with Gasteiger partial charge in [0.1, 0.15) is 16.8 Å². The predicted octanol–water partition coefficient (Wildman–Crippen LogP) is 3.47. The first-order chi connectivity index (χ1) is 7.30. The molecule has 0 bridgehead atoms. The Kier molecular flexibility index (Phi) is 4.38. The summed E-state index contributed by atoms with van der Waals surface area (Å²) in [6.45, 7) is 5.54. The molecule has 0 aliphatic heterocycles. The summed E-state index contributed by atoms with van der Waals surface area (Å²) in [5, 5.41) is 0. The van der Waals surface area contributed by atoms with E-state index < -0.39 is 11.0 Å². The van der Waals surface area contributed by atoms with E-state index in [0.717, 1.165) is 0 Å². The van der Waals surface area contributed by atoms with E-state index in [0.29, 0.717) is 10.0 Å². The smallest absolute Gasteiger partial charge is 0.144 e. The fourth-order valence-corrected chi connectivity index (χ4v) is 1.85. The number of benzene rings is 1. The minimum absolute atomic E-state index is 0.319. The van der Waals surface area contributed by atoms with Gasteiger partial charge in [-0.05, 0) is 39.0 Å². The Morgan fingerprint density at radius 2 is 2.06 bits per heavy atom. The van der Waals surface area contributed by atoms with Crippen molar-refractivity contribution in [2.24, 2.45) is 4.40 Å². The third-order valence-corrected chi connectivity index (χ3v) is 3.81. The van der Waals surface area contributed by atoms with E-state index in [1.165, 1.54) is 18.3 Å². The third-order valence-electron chi connectivity index (χ3n) is 1.77. The first-order valence-electron chi connectivity index (χ1n) is 4.72. The maximum Gasteiger partial charge on any atom is 0.144 e. The quantitative estimate of drug-likeness (QED) is 0.769. The molecule has 0 N–H and O–H groups in total. The Morgan fingerprint density at radius 1 is 1.44 bits per heavy atom. The maximum absolute atomic E-state index is 12.8. The Morgan fingerprint density at radius 3 is 2.56 bits per heavy atom. The van der Waals surface area contributed by atoms with Crippen LogP contribution in [0.4, 0.5) is 4.39 Å². The van der Waals surface area contributed by atoms with Crippen LogP contribution in [-0.2, 0) is 11.0 Å². The average molecular weight is 306 g/mol. The molecule has 1 rings (SSSR count). The van der Waals surface area contributed by atoms with Crippen LogP contribution in [0, 0.1) is 5.82 Å². The Bertz CT molecular complexity index is 440. The standard InChI is InChI=1S/C11H13BrFNOS/c1-11(2,3)16(15)14-7-8-4-5-9(13)6-10(8)12/h4-7H,1-3H3. The van der Waals surface area contributed by atoms with Gasteiger partial charge in [0.2, 0.25) is 0 Å². The molecule has 1 aromatic rings. The van der Waals surface area contributed by atoms with Crippen molar-refractivity contribution < 1.29 is 8.60 Å². The molecule has 0 amide bonds. The van der Waals surface area contributed by atoms with E-state index in [1.807, 2.05) is 20.8 Å². The molecule has 1 aromatic carbocycles. The average Bonchev–Trinajstić information content (AvgIpc) is 2.14. The Balaban J connectivity index is 2.89. The first kappa shape index (κ1) is 13.5. The lowest BCUT2D eigenvalue weighted by Gasteiger charge is -2.12. The molecular weight excluding hydrogens is 293 g/mol. The van der Waals surface area contributed by atoms with Gasteiger partial charge in [-0.2, -0.15) is 4.40 Å². The zero-order chi connectivity index (χ0) is 12.3. The molecule has 0 saturated carbocycles. The van der Waals surface area contributed by atoms with Gasteiger partial charge < -0.3 is 0 Å². The molecule has 2 nitrogen and oxygen atoms in total. The molecule has 0 aliphatic carbocycles. The fourth-order valence-electron chi connectivity index (χ4n) is 0.869. The van der Waals surface area contributed by atoms with Gasteiger partial charge in [-0.1, -0.05) is 15.9 Å². The number of hydrogen-bond donors (Lipinski definition) is 0. The second-order valence-corrected chi connectivity index (χ2v) is 7.05. The lowest BCUT2D eigenvalue weighted by molar-refractivity contribution is 0.627. The fraction of sp³-hybridized carbons (Fsp3) is 0.364. The highest BCUT2D eigenvalue weighted by molar-refractivity contribution is 9.10. The Labute approximate surface area is 106 Å². The molecule has 1 atom stereocenters. The van der Waals surface area contributed by atoms with E-state index >= 15 is 0 Å². The summed E-state index contributed by atoms with van der Waals surface area (Å²) in [6.07, 6.45) is 1.49. The van der Waals surface area contributed by atoms with E-state index in [-0.39, 0.29) is 10.6 Å². The topological polar surface area (TPSA) is 29.4 Å². The van der Waals surface area contributed by atoms with Gasteiger partial charge in [-0.3, -0.25) is 0 Å². The van der Waals surface area contributed by atoms with Crippen molar-refractivity contribution >= 4 is 33.1 Å². The lowest BCUT2D eigenvalue weighted by Crippen LogP contribution is -2.19. The van der Waals surface area contributed by atoms with Crippen molar-refractivity contribution in [3.63, 3.8) is 0 Å². The minimum Gasteiger partial charge on any atom is -0.234 e. The molecule has 0 fully saturated rings. The third kappa shape index (κ3) is 3.79. The van der Waals surface area contributed by atoms with Crippen LogP contribution in [0.2, 0.25) is 0 Å². The largest absolute Gasteiger partial charge is 0.234 e. The number of halogens is 2. The van der Waals surface area contributed by atoms with Crippen LogP contribution in [0.3, 0.4) is 0 Å². The molecule has 0 saturated heterocycles.